The van der Waals surface area contributed by atoms with Crippen molar-refractivity contribution in [3.8, 4) is 11.4 Å². The van der Waals surface area contributed by atoms with Gasteiger partial charge < -0.3 is 30.2 Å². The van der Waals surface area contributed by atoms with E-state index in [1.807, 2.05) is 0 Å². The molecular weight excluding hydrogens is 534 g/mol. The van der Waals surface area contributed by atoms with Crippen molar-refractivity contribution in [2.45, 2.75) is 0 Å². The van der Waals surface area contributed by atoms with Gasteiger partial charge in [0.05, 0.1) is 22.0 Å². The molecule has 0 atom stereocenters. The second-order valence-electron chi connectivity index (χ2n) is 7.95. The molecule has 12 nitrogen and oxygen atoms in total. The summed E-state index contributed by atoms with van der Waals surface area (Å²) in [6, 6.07) is 16.2. The average Bonchev–Trinajstić information content (AvgIpc) is 2.88. The minimum absolute atomic E-state index is 0.192. The smallest absolute Gasteiger partial charge is 0.322 e. The van der Waals surface area contributed by atoms with Gasteiger partial charge in [-0.1, -0.05) is 0 Å². The number of hydrogen-bond donors (Lipinski definition) is 6. The number of pyridine rings is 2. The summed E-state index contributed by atoms with van der Waals surface area (Å²) in [5, 5.41) is 4.97. The first-order chi connectivity index (χ1) is 17.9. The molecule has 4 rings (SSSR count). The van der Waals surface area contributed by atoms with Crippen LogP contribution >= 0.6 is 15.2 Å². The van der Waals surface area contributed by atoms with Gasteiger partial charge in [0.15, 0.2) is 0 Å². The van der Waals surface area contributed by atoms with Crippen molar-refractivity contribution in [3.05, 3.63) is 96.3 Å². The summed E-state index contributed by atoms with van der Waals surface area (Å²) in [6.45, 7) is 0. The maximum atomic E-state index is 12.6. The van der Waals surface area contributed by atoms with E-state index in [1.165, 1.54) is 60.9 Å². The molecule has 4 aromatic rings. The quantitative estimate of drug-likeness (QED) is 0.184. The molecule has 2 heterocycles. The van der Waals surface area contributed by atoms with Crippen LogP contribution in [0, 0.1) is 0 Å². The molecule has 0 unspecified atom stereocenters. The summed E-state index contributed by atoms with van der Waals surface area (Å²) >= 11 is 0. The molecule has 38 heavy (non-hydrogen) atoms. The van der Waals surface area contributed by atoms with Crippen molar-refractivity contribution in [2.75, 3.05) is 10.6 Å². The highest BCUT2D eigenvalue weighted by molar-refractivity contribution is 7.60. The summed E-state index contributed by atoms with van der Waals surface area (Å²) in [5.74, 6) is -1.00. The van der Waals surface area contributed by atoms with Crippen LogP contribution in [0.4, 0.5) is 11.4 Å². The highest BCUT2D eigenvalue weighted by Gasteiger charge is 2.18. The zero-order chi connectivity index (χ0) is 27.5. The van der Waals surface area contributed by atoms with Gasteiger partial charge in [0.2, 0.25) is 0 Å². The second-order valence-corrected chi connectivity index (χ2v) is 11.2. The van der Waals surface area contributed by atoms with Gasteiger partial charge in [0, 0.05) is 34.9 Å². The van der Waals surface area contributed by atoms with Crippen LogP contribution in [0.5, 0.6) is 0 Å². The molecule has 6 N–H and O–H groups in total. The fourth-order valence-electron chi connectivity index (χ4n) is 3.32. The zero-order valence-corrected chi connectivity index (χ0v) is 21.1. The van der Waals surface area contributed by atoms with Crippen LogP contribution in [0.25, 0.3) is 11.4 Å². The van der Waals surface area contributed by atoms with E-state index in [4.69, 9.17) is 0 Å². The van der Waals surface area contributed by atoms with E-state index >= 15 is 0 Å². The molecule has 0 saturated heterocycles. The van der Waals surface area contributed by atoms with Gasteiger partial charge in [-0.05, 0) is 72.8 Å². The van der Waals surface area contributed by atoms with Crippen LogP contribution in [0.3, 0.4) is 0 Å². The van der Waals surface area contributed by atoms with Crippen LogP contribution in [-0.2, 0) is 9.13 Å². The van der Waals surface area contributed by atoms with Gasteiger partial charge >= 0.3 is 15.2 Å². The number of benzene rings is 2. The molecule has 2 amide bonds. The number of nitrogens with one attached hydrogen (secondary N) is 2. The molecular formula is C24H20N4O8P2. The molecule has 0 fully saturated rings. The van der Waals surface area contributed by atoms with E-state index in [0.717, 1.165) is 0 Å². The lowest BCUT2D eigenvalue weighted by Gasteiger charge is -2.10. The number of nitrogens with zero attached hydrogens (tertiary/aromatic N) is 2. The van der Waals surface area contributed by atoms with Gasteiger partial charge in [-0.2, -0.15) is 0 Å². The SMILES string of the molecule is O=C(Nc1ccnc(-c2cc(NC(=O)c3ccc(P(=O)(O)O)cc3)ccn2)c1)c1ccc(P(=O)(O)O)cc1. The lowest BCUT2D eigenvalue weighted by molar-refractivity contribution is 0.101. The third kappa shape index (κ3) is 6.64. The zero-order valence-electron chi connectivity index (χ0n) is 19.3. The maximum absolute atomic E-state index is 12.6. The summed E-state index contributed by atoms with van der Waals surface area (Å²) < 4.78 is 22.6. The largest absolute Gasteiger partial charge is 0.356 e. The molecule has 0 aliphatic carbocycles. The van der Waals surface area contributed by atoms with E-state index < -0.39 is 27.0 Å². The summed E-state index contributed by atoms with van der Waals surface area (Å²) in [4.78, 5) is 70.5. The fraction of sp³-hybridized carbons (Fsp3) is 0. The van der Waals surface area contributed by atoms with Crippen molar-refractivity contribution in [2.24, 2.45) is 0 Å². The monoisotopic (exact) mass is 554 g/mol. The fourth-order valence-corrected chi connectivity index (χ4v) is 4.39. The number of anilines is 2. The molecule has 2 aromatic carbocycles. The Morgan fingerprint density at radius 3 is 1.24 bits per heavy atom. The summed E-state index contributed by atoms with van der Waals surface area (Å²) in [6.07, 6.45) is 2.91. The van der Waals surface area contributed by atoms with Crippen LogP contribution in [0.2, 0.25) is 0 Å². The van der Waals surface area contributed by atoms with Crippen LogP contribution in [-0.4, -0.2) is 41.4 Å². The van der Waals surface area contributed by atoms with Crippen molar-refractivity contribution in [1.29, 1.82) is 0 Å². The van der Waals surface area contributed by atoms with Crippen LogP contribution < -0.4 is 21.2 Å². The Morgan fingerprint density at radius 1 is 0.579 bits per heavy atom. The first-order valence-corrected chi connectivity index (χ1v) is 14.0. The highest BCUT2D eigenvalue weighted by Crippen LogP contribution is 2.33. The van der Waals surface area contributed by atoms with E-state index in [9.17, 15) is 38.3 Å². The van der Waals surface area contributed by atoms with Crippen molar-refractivity contribution < 1.29 is 38.3 Å². The third-order valence-corrected chi connectivity index (χ3v) is 7.17. The minimum Gasteiger partial charge on any atom is -0.322 e. The van der Waals surface area contributed by atoms with E-state index in [2.05, 4.69) is 20.6 Å². The first-order valence-electron chi connectivity index (χ1n) is 10.8. The maximum Gasteiger partial charge on any atom is 0.356 e. The molecule has 0 aliphatic heterocycles. The number of hydrogen-bond acceptors (Lipinski definition) is 6. The topological polar surface area (TPSA) is 199 Å². The average molecular weight is 554 g/mol. The molecule has 0 bridgehead atoms. The van der Waals surface area contributed by atoms with Gasteiger partial charge in [0.1, 0.15) is 0 Å². The Kier molecular flexibility index (Phi) is 7.66. The van der Waals surface area contributed by atoms with E-state index in [0.29, 0.717) is 22.8 Å². The van der Waals surface area contributed by atoms with E-state index in [-0.39, 0.29) is 21.7 Å². The lowest BCUT2D eigenvalue weighted by atomic mass is 10.2. The third-order valence-electron chi connectivity index (χ3n) is 5.23. The van der Waals surface area contributed by atoms with Gasteiger partial charge in [0.25, 0.3) is 11.8 Å². The van der Waals surface area contributed by atoms with Crippen molar-refractivity contribution >= 4 is 49.0 Å². The molecule has 194 valence electrons. The normalized spacial score (nSPS) is 11.6. The van der Waals surface area contributed by atoms with E-state index in [1.54, 1.807) is 24.3 Å². The van der Waals surface area contributed by atoms with Gasteiger partial charge in [-0.3, -0.25) is 28.7 Å². The summed E-state index contributed by atoms with van der Waals surface area (Å²) in [5.41, 5.74) is 1.94. The van der Waals surface area contributed by atoms with Gasteiger partial charge in [-0.15, -0.1) is 0 Å². The second kappa shape index (κ2) is 10.8. The molecule has 0 aliphatic rings. The highest BCUT2D eigenvalue weighted by atomic mass is 31.2. The number of carbonyl (C=O) groups excluding carboxylic acids is 2. The minimum atomic E-state index is -4.42. The Bertz CT molecular complexity index is 1480. The molecule has 2 aromatic heterocycles. The van der Waals surface area contributed by atoms with Crippen LogP contribution in [0.15, 0.2) is 85.2 Å². The number of carbonyl (C=O) groups is 2. The molecule has 0 spiro atoms. The molecule has 0 saturated carbocycles. The Labute approximate surface area is 215 Å². The first kappa shape index (κ1) is 27.0. The molecule has 14 heteroatoms. The number of rotatable bonds is 7. The number of aromatic nitrogens is 2. The van der Waals surface area contributed by atoms with Crippen LogP contribution in [0.1, 0.15) is 20.7 Å². The summed E-state index contributed by atoms with van der Waals surface area (Å²) in [7, 11) is -8.83. The van der Waals surface area contributed by atoms with Gasteiger partial charge in [-0.25, -0.2) is 0 Å². The lowest BCUT2D eigenvalue weighted by Crippen LogP contribution is -2.14. The predicted molar refractivity (Wildman–Crippen MR) is 140 cm³/mol. The number of amides is 2. The molecule has 0 radical (unpaired) electrons. The standard InChI is InChI=1S/C24H20N4O8P2/c29-23(15-1-5-19(6-2-15)37(31,32)33)27-17-9-11-25-21(13-17)22-14-18(10-12-26-22)28-24(30)16-3-7-20(8-4-16)38(34,35)36/h1-14H,(H,25,27,29)(H,26,28,30)(H2,31,32,33)(H2,34,35,36). The Balaban J connectivity index is 1.47. The van der Waals surface area contributed by atoms with Crippen molar-refractivity contribution in [1.82, 2.24) is 9.97 Å². The Morgan fingerprint density at radius 2 is 0.921 bits per heavy atom. The Hall–Kier alpha value is -4.02. The van der Waals surface area contributed by atoms with Crippen molar-refractivity contribution in [3.63, 3.8) is 0 Å². The predicted octanol–water partition coefficient (Wildman–Crippen LogP) is 2.25.